The van der Waals surface area contributed by atoms with Gasteiger partial charge in [-0.05, 0) is 37.6 Å². The highest BCUT2D eigenvalue weighted by atomic mass is 16.5. The topological polar surface area (TPSA) is 88.4 Å². The molecule has 0 spiro atoms. The molecule has 0 bridgehead atoms. The van der Waals surface area contributed by atoms with E-state index in [2.05, 4.69) is 51.0 Å². The molecule has 8 heteroatoms. The maximum atomic E-state index is 9.65. The SMILES string of the molecule is CCCC(C)[N+]1(c2ccc(N=C3C(c4cccc(OC)c4)=Nn4nc(C(C)C)nc43)cc2)CC1C#N. The number of ether oxygens (including phenoxy) is 1. The highest BCUT2D eigenvalue weighted by Gasteiger charge is 2.60. The van der Waals surface area contributed by atoms with Gasteiger partial charge >= 0.3 is 0 Å². The first-order valence-electron chi connectivity index (χ1n) is 12.6. The van der Waals surface area contributed by atoms with Gasteiger partial charge in [-0.25, -0.2) is 9.98 Å². The van der Waals surface area contributed by atoms with Gasteiger partial charge in [0.2, 0.25) is 11.9 Å². The second kappa shape index (κ2) is 9.32. The Morgan fingerprint density at radius 1 is 1.19 bits per heavy atom. The quantitative estimate of drug-likeness (QED) is 0.326. The molecule has 3 unspecified atom stereocenters. The number of nitrogens with zero attached hydrogens (tertiary/aromatic N) is 7. The lowest BCUT2D eigenvalue weighted by molar-refractivity contribution is 0.379. The maximum Gasteiger partial charge on any atom is 0.231 e. The third kappa shape index (κ3) is 3.99. The van der Waals surface area contributed by atoms with Crippen molar-refractivity contribution in [2.75, 3.05) is 13.7 Å². The summed E-state index contributed by atoms with van der Waals surface area (Å²) in [6, 6.07) is 19.0. The Morgan fingerprint density at radius 2 is 1.97 bits per heavy atom. The molecule has 3 aromatic rings. The third-order valence-corrected chi connectivity index (χ3v) is 7.21. The number of aliphatic imine (C=N–C) groups is 1. The van der Waals surface area contributed by atoms with Gasteiger partial charge in [-0.2, -0.15) is 5.26 Å². The molecule has 1 aromatic heterocycles. The van der Waals surface area contributed by atoms with Gasteiger partial charge in [0.1, 0.15) is 28.9 Å². The van der Waals surface area contributed by atoms with Crippen LogP contribution in [0.25, 0.3) is 0 Å². The fraction of sp³-hybridized carbons (Fsp3) is 0.393. The summed E-state index contributed by atoms with van der Waals surface area (Å²) in [6.07, 6.45) is 2.20. The minimum Gasteiger partial charge on any atom is -0.497 e. The van der Waals surface area contributed by atoms with Crippen molar-refractivity contribution in [3.05, 3.63) is 65.7 Å². The van der Waals surface area contributed by atoms with Crippen LogP contribution in [0.3, 0.4) is 0 Å². The van der Waals surface area contributed by atoms with Gasteiger partial charge in [-0.1, -0.05) is 39.3 Å². The van der Waals surface area contributed by atoms with Crippen molar-refractivity contribution in [2.24, 2.45) is 10.1 Å². The molecule has 2 aromatic carbocycles. The molecular formula is C28H32N7O+. The molecule has 2 aliphatic rings. The van der Waals surface area contributed by atoms with E-state index in [9.17, 15) is 5.26 Å². The van der Waals surface area contributed by atoms with Crippen molar-refractivity contribution in [1.29, 1.82) is 5.26 Å². The van der Waals surface area contributed by atoms with Gasteiger partial charge in [0.25, 0.3) is 0 Å². The van der Waals surface area contributed by atoms with Crippen molar-refractivity contribution in [3.8, 4) is 11.8 Å². The van der Waals surface area contributed by atoms with Crippen molar-refractivity contribution in [1.82, 2.24) is 19.4 Å². The Balaban J connectivity index is 1.53. The zero-order valence-electron chi connectivity index (χ0n) is 21.5. The number of aromatic nitrogens is 3. The summed E-state index contributed by atoms with van der Waals surface area (Å²) in [5.74, 6) is 2.31. The zero-order chi connectivity index (χ0) is 25.4. The molecule has 8 nitrogen and oxygen atoms in total. The van der Waals surface area contributed by atoms with Crippen LogP contribution in [0.4, 0.5) is 11.4 Å². The van der Waals surface area contributed by atoms with Crippen LogP contribution in [0.15, 0.2) is 58.6 Å². The molecule has 2 aliphatic heterocycles. The molecular weight excluding hydrogens is 450 g/mol. The van der Waals surface area contributed by atoms with E-state index < -0.39 is 0 Å². The molecule has 184 valence electrons. The van der Waals surface area contributed by atoms with E-state index in [1.165, 1.54) is 5.69 Å². The summed E-state index contributed by atoms with van der Waals surface area (Å²) in [4.78, 5) is 11.3. The zero-order valence-corrected chi connectivity index (χ0v) is 21.5. The minimum absolute atomic E-state index is 0.0262. The van der Waals surface area contributed by atoms with Crippen LogP contribution in [0, 0.1) is 11.3 Å². The average molecular weight is 483 g/mol. The summed E-state index contributed by atoms with van der Waals surface area (Å²) in [5.41, 5.74) is 4.26. The van der Waals surface area contributed by atoms with Crippen LogP contribution in [-0.2, 0) is 0 Å². The Hall–Kier alpha value is -3.83. The molecule has 0 saturated carbocycles. The van der Waals surface area contributed by atoms with Crippen molar-refractivity contribution >= 4 is 22.8 Å². The van der Waals surface area contributed by atoms with Crippen LogP contribution in [-0.4, -0.2) is 52.0 Å². The summed E-state index contributed by atoms with van der Waals surface area (Å²) in [6.45, 7) is 9.45. The number of hydrogen-bond donors (Lipinski definition) is 0. The van der Waals surface area contributed by atoms with Gasteiger partial charge in [-0.3, -0.25) is 4.48 Å². The first-order chi connectivity index (χ1) is 17.4. The molecule has 1 saturated heterocycles. The first kappa shape index (κ1) is 23.9. The minimum atomic E-state index is 0.0262. The van der Waals surface area contributed by atoms with Crippen LogP contribution < -0.4 is 9.22 Å². The second-order valence-electron chi connectivity index (χ2n) is 9.89. The highest BCUT2D eigenvalue weighted by molar-refractivity contribution is 6.54. The van der Waals surface area contributed by atoms with E-state index in [4.69, 9.17) is 19.8 Å². The number of hydrogen-bond acceptors (Lipinski definition) is 6. The lowest BCUT2D eigenvalue weighted by atomic mass is 10.1. The van der Waals surface area contributed by atoms with Gasteiger partial charge in [0.15, 0.2) is 12.4 Å². The number of benzene rings is 2. The first-order valence-corrected chi connectivity index (χ1v) is 12.6. The Morgan fingerprint density at radius 3 is 2.61 bits per heavy atom. The molecule has 5 rings (SSSR count). The second-order valence-corrected chi connectivity index (χ2v) is 9.89. The Bertz CT molecular complexity index is 1380. The van der Waals surface area contributed by atoms with Crippen LogP contribution in [0.2, 0.25) is 0 Å². The molecule has 3 heterocycles. The van der Waals surface area contributed by atoms with E-state index in [-0.39, 0.29) is 12.0 Å². The molecule has 0 radical (unpaired) electrons. The van der Waals surface area contributed by atoms with Crippen molar-refractivity contribution in [2.45, 2.75) is 58.5 Å². The van der Waals surface area contributed by atoms with E-state index in [1.807, 2.05) is 36.4 Å². The summed E-state index contributed by atoms with van der Waals surface area (Å²) >= 11 is 0. The Kier molecular flexibility index (Phi) is 6.19. The fourth-order valence-corrected chi connectivity index (χ4v) is 5.09. The molecule has 36 heavy (non-hydrogen) atoms. The predicted molar refractivity (Wildman–Crippen MR) is 142 cm³/mol. The molecule has 0 amide bonds. The predicted octanol–water partition coefficient (Wildman–Crippen LogP) is 5.20. The summed E-state index contributed by atoms with van der Waals surface area (Å²) in [5, 5.41) is 19.0. The Labute approximate surface area is 212 Å². The van der Waals surface area contributed by atoms with Crippen LogP contribution in [0.1, 0.15) is 63.7 Å². The number of methoxy groups -OCH3 is 1. The van der Waals surface area contributed by atoms with E-state index in [1.54, 1.807) is 11.9 Å². The highest BCUT2D eigenvalue weighted by Crippen LogP contribution is 2.43. The van der Waals surface area contributed by atoms with E-state index in [0.717, 1.165) is 46.7 Å². The van der Waals surface area contributed by atoms with Crippen LogP contribution >= 0.6 is 0 Å². The molecule has 3 atom stereocenters. The molecule has 0 N–H and O–H groups in total. The fourth-order valence-electron chi connectivity index (χ4n) is 5.09. The molecule has 1 fully saturated rings. The van der Waals surface area contributed by atoms with Crippen molar-refractivity contribution in [3.63, 3.8) is 0 Å². The monoisotopic (exact) mass is 482 g/mol. The number of fused-ring (bicyclic) bond motifs is 1. The summed E-state index contributed by atoms with van der Waals surface area (Å²) in [7, 11) is 1.65. The molecule has 0 aliphatic carbocycles. The van der Waals surface area contributed by atoms with Crippen molar-refractivity contribution < 1.29 is 4.74 Å². The van der Waals surface area contributed by atoms with Gasteiger partial charge in [0.05, 0.1) is 18.8 Å². The largest absolute Gasteiger partial charge is 0.497 e. The smallest absolute Gasteiger partial charge is 0.231 e. The van der Waals surface area contributed by atoms with Crippen LogP contribution in [0.5, 0.6) is 5.75 Å². The number of rotatable bonds is 8. The number of nitriles is 1. The van der Waals surface area contributed by atoms with Gasteiger partial charge in [-0.15, -0.1) is 15.0 Å². The standard InChI is InChI=1S/C28H32N7O/c1-6-8-19(4)35(17-23(35)16-29)22-13-11-21(12-14-22)30-26-25(20-9-7-10-24(15-20)36-5)32-34-28(26)31-27(33-34)18(2)3/h7,9-15,18-19,23H,6,8,17H2,1-5H3/q+1. The van der Waals surface area contributed by atoms with Gasteiger partial charge < -0.3 is 4.74 Å². The number of quaternary nitrogens is 1. The van der Waals surface area contributed by atoms with E-state index >= 15 is 0 Å². The third-order valence-electron chi connectivity index (χ3n) is 7.21. The lowest BCUT2D eigenvalue weighted by Gasteiger charge is -2.26. The summed E-state index contributed by atoms with van der Waals surface area (Å²) < 4.78 is 6.16. The lowest BCUT2D eigenvalue weighted by Crippen LogP contribution is -2.38. The van der Waals surface area contributed by atoms with E-state index in [0.29, 0.717) is 23.3 Å². The average Bonchev–Trinajstić information content (AvgIpc) is 3.35. The maximum absolute atomic E-state index is 9.65. The normalized spacial score (nSPS) is 22.3. The van der Waals surface area contributed by atoms with Gasteiger partial charge in [0, 0.05) is 23.6 Å².